The second-order valence-corrected chi connectivity index (χ2v) is 9.64. The van der Waals surface area contributed by atoms with Crippen LogP contribution in [0.1, 0.15) is 30.4 Å². The number of rotatable bonds is 4. The average molecular weight is 653 g/mol. The first-order valence-corrected chi connectivity index (χ1v) is 12.4. The van der Waals surface area contributed by atoms with E-state index >= 15 is 0 Å². The molecule has 4 heterocycles. The Morgan fingerprint density at radius 2 is 1.18 bits per heavy atom. The Kier molecular flexibility index (Phi) is 14.1. The lowest BCUT2D eigenvalue weighted by molar-refractivity contribution is -0.193. The third-order valence-corrected chi connectivity index (χ3v) is 6.28. The molecule has 2 fully saturated rings. The van der Waals surface area contributed by atoms with E-state index in [-0.39, 0.29) is 0 Å². The third-order valence-electron chi connectivity index (χ3n) is 6.28. The van der Waals surface area contributed by atoms with E-state index in [0.717, 1.165) is 13.1 Å². The Balaban J connectivity index is 0.000000379. The summed E-state index contributed by atoms with van der Waals surface area (Å²) >= 11 is 0. The molecule has 0 aliphatic carbocycles. The molecule has 2 aromatic rings. The van der Waals surface area contributed by atoms with Crippen LogP contribution < -0.4 is 0 Å². The fraction of sp³-hybridized carbons (Fsp3) is 0.520. The number of aromatic nitrogens is 1. The van der Waals surface area contributed by atoms with Crippen molar-refractivity contribution in [2.75, 3.05) is 26.2 Å². The minimum absolute atomic E-state index is 0.551. The number of nitrogens with zero attached hydrogens (tertiary/aromatic N) is 3. The summed E-state index contributed by atoms with van der Waals surface area (Å²) in [5, 5.41) is 21.4. The summed E-state index contributed by atoms with van der Waals surface area (Å²) in [5.41, 5.74) is 3.18. The maximum absolute atomic E-state index is 10.6. The van der Waals surface area contributed by atoms with Gasteiger partial charge < -0.3 is 19.7 Å². The Labute approximate surface area is 243 Å². The zero-order chi connectivity index (χ0) is 33.8. The first kappa shape index (κ1) is 38.2. The molecule has 2 aromatic heterocycles. The van der Waals surface area contributed by atoms with Gasteiger partial charge in [-0.3, -0.25) is 14.8 Å². The highest BCUT2D eigenvalue weighted by Crippen LogP contribution is 2.41. The SMILES string of the molecule is O=C(O)C(F)(F)F.O=C(O)C(F)(F)F.O=C(O)C(F)(F)F.c1cncc(CN2CCC3(CCN(Cc4ccoc4)CC3)C2)c1. The van der Waals surface area contributed by atoms with Crippen molar-refractivity contribution in [3.8, 4) is 0 Å². The van der Waals surface area contributed by atoms with E-state index < -0.39 is 36.4 Å². The van der Waals surface area contributed by atoms with Crippen molar-refractivity contribution in [3.63, 3.8) is 0 Å². The normalized spacial score (nSPS) is 16.8. The number of hydrogen-bond donors (Lipinski definition) is 3. The van der Waals surface area contributed by atoms with Gasteiger partial charge in [0.2, 0.25) is 0 Å². The van der Waals surface area contributed by atoms with Crippen LogP contribution in [0.4, 0.5) is 39.5 Å². The van der Waals surface area contributed by atoms with Crippen LogP contribution in [0.25, 0.3) is 0 Å². The minimum Gasteiger partial charge on any atom is -0.475 e. The molecule has 1 spiro atoms. The maximum atomic E-state index is 10.6. The van der Waals surface area contributed by atoms with E-state index in [9.17, 15) is 39.5 Å². The summed E-state index contributed by atoms with van der Waals surface area (Å²) in [6, 6.07) is 6.30. The van der Waals surface area contributed by atoms with Gasteiger partial charge in [0.1, 0.15) is 0 Å². The van der Waals surface area contributed by atoms with Crippen LogP contribution in [0.5, 0.6) is 0 Å². The number of halogens is 9. The van der Waals surface area contributed by atoms with Crippen LogP contribution in [-0.4, -0.2) is 92.7 Å². The predicted molar refractivity (Wildman–Crippen MR) is 131 cm³/mol. The number of furan rings is 1. The van der Waals surface area contributed by atoms with Gasteiger partial charge >= 0.3 is 36.4 Å². The smallest absolute Gasteiger partial charge is 0.475 e. The van der Waals surface area contributed by atoms with Crippen LogP contribution in [0, 0.1) is 5.41 Å². The summed E-state index contributed by atoms with van der Waals surface area (Å²) in [4.78, 5) is 36.1. The van der Waals surface area contributed by atoms with Crippen LogP contribution in [0.2, 0.25) is 0 Å². The molecule has 0 bridgehead atoms. The third kappa shape index (κ3) is 14.5. The first-order valence-electron chi connectivity index (χ1n) is 12.4. The maximum Gasteiger partial charge on any atom is 0.490 e. The van der Waals surface area contributed by atoms with Gasteiger partial charge in [-0.1, -0.05) is 6.07 Å². The molecule has 2 aliphatic heterocycles. The number of carbonyl (C=O) groups is 3. The number of alkyl halides is 9. The highest BCUT2D eigenvalue weighted by molar-refractivity contribution is 5.73. The predicted octanol–water partition coefficient (Wildman–Crippen LogP) is 5.06. The van der Waals surface area contributed by atoms with Crippen LogP contribution in [0.15, 0.2) is 47.5 Å². The Bertz CT molecular complexity index is 1110. The molecule has 2 saturated heterocycles. The van der Waals surface area contributed by atoms with E-state index in [4.69, 9.17) is 34.1 Å². The number of carboxylic acids is 3. The van der Waals surface area contributed by atoms with Gasteiger partial charge in [0.25, 0.3) is 0 Å². The van der Waals surface area contributed by atoms with Crippen molar-refractivity contribution in [3.05, 3.63) is 54.2 Å². The number of carboxylic acid groups (broad SMARTS) is 3. The largest absolute Gasteiger partial charge is 0.490 e. The van der Waals surface area contributed by atoms with Crippen molar-refractivity contribution in [1.82, 2.24) is 14.8 Å². The van der Waals surface area contributed by atoms with Gasteiger partial charge in [0.05, 0.1) is 12.5 Å². The van der Waals surface area contributed by atoms with E-state index in [2.05, 4.69) is 26.9 Å². The van der Waals surface area contributed by atoms with Crippen LogP contribution >= 0.6 is 0 Å². The summed E-state index contributed by atoms with van der Waals surface area (Å²) in [6.07, 6.45) is -3.75. The summed E-state index contributed by atoms with van der Waals surface area (Å²) in [5.74, 6) is -8.27. The van der Waals surface area contributed by atoms with Crippen molar-refractivity contribution in [1.29, 1.82) is 0 Å². The van der Waals surface area contributed by atoms with E-state index in [1.165, 1.54) is 56.6 Å². The van der Waals surface area contributed by atoms with Gasteiger partial charge in [-0.05, 0) is 62.0 Å². The second-order valence-electron chi connectivity index (χ2n) is 9.64. The summed E-state index contributed by atoms with van der Waals surface area (Å²) in [6.45, 7) is 7.00. The lowest BCUT2D eigenvalue weighted by Crippen LogP contribution is -2.41. The van der Waals surface area contributed by atoms with Gasteiger partial charge in [-0.15, -0.1) is 0 Å². The molecule has 10 nitrogen and oxygen atoms in total. The number of piperidine rings is 1. The lowest BCUT2D eigenvalue weighted by atomic mass is 9.77. The topological polar surface area (TPSA) is 144 Å². The molecule has 2 aliphatic rings. The minimum atomic E-state index is -5.08. The highest BCUT2D eigenvalue weighted by Gasteiger charge is 2.41. The molecular weight excluding hydrogens is 625 g/mol. The van der Waals surface area contributed by atoms with Gasteiger partial charge in [0, 0.05) is 37.6 Å². The zero-order valence-corrected chi connectivity index (χ0v) is 22.6. The zero-order valence-electron chi connectivity index (χ0n) is 22.6. The number of pyridine rings is 1. The Hall–Kier alpha value is -3.87. The van der Waals surface area contributed by atoms with E-state index in [1.807, 2.05) is 24.7 Å². The molecule has 0 amide bonds. The fourth-order valence-corrected chi connectivity index (χ4v) is 4.15. The Morgan fingerprint density at radius 3 is 1.55 bits per heavy atom. The molecule has 3 N–H and O–H groups in total. The van der Waals surface area contributed by atoms with Crippen molar-refractivity contribution in [2.24, 2.45) is 5.41 Å². The molecule has 19 heteroatoms. The highest BCUT2D eigenvalue weighted by atomic mass is 19.4. The van der Waals surface area contributed by atoms with Crippen LogP contribution in [-0.2, 0) is 27.5 Å². The molecule has 0 unspecified atom stereocenters. The molecule has 248 valence electrons. The molecule has 0 aromatic carbocycles. The van der Waals surface area contributed by atoms with Crippen molar-refractivity contribution < 1.29 is 73.6 Å². The van der Waals surface area contributed by atoms with Gasteiger partial charge in [0.15, 0.2) is 0 Å². The second kappa shape index (κ2) is 16.3. The fourth-order valence-electron chi connectivity index (χ4n) is 4.15. The lowest BCUT2D eigenvalue weighted by Gasteiger charge is -2.39. The van der Waals surface area contributed by atoms with Crippen LogP contribution in [0.3, 0.4) is 0 Å². The molecule has 0 saturated carbocycles. The van der Waals surface area contributed by atoms with Gasteiger partial charge in [-0.25, -0.2) is 14.4 Å². The molecule has 44 heavy (non-hydrogen) atoms. The number of hydrogen-bond acceptors (Lipinski definition) is 7. The van der Waals surface area contributed by atoms with E-state index in [1.54, 1.807) is 6.26 Å². The van der Waals surface area contributed by atoms with Gasteiger partial charge in [-0.2, -0.15) is 39.5 Å². The molecule has 4 rings (SSSR count). The van der Waals surface area contributed by atoms with Crippen molar-refractivity contribution >= 4 is 17.9 Å². The average Bonchev–Trinajstić information content (AvgIpc) is 3.56. The number of aliphatic carboxylic acids is 3. The summed E-state index contributed by atoms with van der Waals surface area (Å²) in [7, 11) is 0. The standard InChI is InChI=1S/C19H25N3O.3C2HF3O2/c1-2-17(12-20-7-1)13-22-10-6-19(16-22)4-8-21(9-5-19)14-18-3-11-23-15-18;3*3-2(4,5)1(6)7/h1-3,7,11-12,15H,4-6,8-10,13-14,16H2;3*(H,6,7). The molecular formula is C25H28F9N3O7. The quantitative estimate of drug-likeness (QED) is 0.383. The Morgan fingerprint density at radius 1 is 0.750 bits per heavy atom. The monoisotopic (exact) mass is 653 g/mol. The summed E-state index contributed by atoms with van der Waals surface area (Å²) < 4.78 is 100. The van der Waals surface area contributed by atoms with Crippen molar-refractivity contribution in [2.45, 2.75) is 50.9 Å². The molecule has 0 atom stereocenters. The molecule has 0 radical (unpaired) electrons. The van der Waals surface area contributed by atoms with E-state index in [0.29, 0.717) is 5.41 Å². The number of likely N-dealkylation sites (tertiary alicyclic amines) is 2. The first-order chi connectivity index (χ1) is 20.1.